The fourth-order valence-electron chi connectivity index (χ4n) is 4.23. The van der Waals surface area contributed by atoms with E-state index in [2.05, 4.69) is 4.98 Å². The quantitative estimate of drug-likeness (QED) is 0.654. The summed E-state index contributed by atoms with van der Waals surface area (Å²) in [6.45, 7) is 3.44. The van der Waals surface area contributed by atoms with E-state index in [9.17, 15) is 9.59 Å². The Balaban J connectivity index is 0.00000289. The largest absolute Gasteiger partial charge is 0.496 e. The van der Waals surface area contributed by atoms with E-state index in [1.54, 1.807) is 31.1 Å². The van der Waals surface area contributed by atoms with Crippen molar-refractivity contribution in [2.45, 2.75) is 26.0 Å². The van der Waals surface area contributed by atoms with Gasteiger partial charge in [0.05, 0.1) is 49.1 Å². The topological polar surface area (TPSA) is 80.9 Å². The Morgan fingerprint density at radius 2 is 1.97 bits per heavy atom. The van der Waals surface area contributed by atoms with Gasteiger partial charge < -0.3 is 24.1 Å². The first-order valence-electron chi connectivity index (χ1n) is 10.0. The van der Waals surface area contributed by atoms with E-state index in [0.717, 1.165) is 5.56 Å². The Hall–Kier alpha value is -1.71. The number of halogens is 2. The molecule has 0 saturated carbocycles. The molecule has 2 aromatic rings. The van der Waals surface area contributed by atoms with Crippen LogP contribution in [-0.2, 0) is 22.4 Å². The number of carbonyl (C=O) groups excluding carboxylic acids is 1. The summed E-state index contributed by atoms with van der Waals surface area (Å²) >= 11 is 13.3. The Morgan fingerprint density at radius 3 is 2.56 bits per heavy atom. The number of hydrogen-bond acceptors (Lipinski definition) is 5. The number of fused-ring (bicyclic) bond motifs is 1. The molecule has 0 bridgehead atoms. The Morgan fingerprint density at radius 1 is 1.25 bits per heavy atom. The third-order valence-electron chi connectivity index (χ3n) is 5.93. The summed E-state index contributed by atoms with van der Waals surface area (Å²) < 4.78 is 16.3. The Labute approximate surface area is 203 Å². The van der Waals surface area contributed by atoms with Crippen LogP contribution in [0.25, 0.3) is 0 Å². The zero-order chi connectivity index (χ0) is 22.3. The van der Waals surface area contributed by atoms with Crippen LogP contribution in [-0.4, -0.2) is 49.8 Å². The number of aromatic nitrogens is 1. The summed E-state index contributed by atoms with van der Waals surface area (Å²) in [5.74, 6) is 0.334. The third kappa shape index (κ3) is 4.39. The van der Waals surface area contributed by atoms with Gasteiger partial charge in [0.15, 0.2) is 0 Å². The number of nitrogens with zero attached hydrogens (tertiary/aromatic N) is 1. The SMILES string of the molecule is COc1cc(C)[nH]c(=O)c1CN1CCc2c(Cl)cc([C@@H](OC)C3COC3)c(Cl)c2C1=O.S. The lowest BCUT2D eigenvalue weighted by atomic mass is 9.89. The van der Waals surface area contributed by atoms with Crippen LogP contribution in [0.15, 0.2) is 16.9 Å². The van der Waals surface area contributed by atoms with Crippen LogP contribution in [0.5, 0.6) is 5.75 Å². The number of methoxy groups -OCH3 is 2. The van der Waals surface area contributed by atoms with E-state index >= 15 is 0 Å². The lowest BCUT2D eigenvalue weighted by Gasteiger charge is -2.35. The molecule has 32 heavy (non-hydrogen) atoms. The van der Waals surface area contributed by atoms with Gasteiger partial charge in [-0.25, -0.2) is 0 Å². The van der Waals surface area contributed by atoms with Crippen LogP contribution >= 0.6 is 36.7 Å². The zero-order valence-corrected chi connectivity index (χ0v) is 20.6. The van der Waals surface area contributed by atoms with Gasteiger partial charge in [0, 0.05) is 35.9 Å². The van der Waals surface area contributed by atoms with Crippen molar-refractivity contribution in [3.63, 3.8) is 0 Å². The maximum Gasteiger partial charge on any atom is 0.256 e. The van der Waals surface area contributed by atoms with Gasteiger partial charge >= 0.3 is 0 Å². The molecular weight excluding hydrogens is 475 g/mol. The minimum absolute atomic E-state index is 0. The number of carbonyl (C=O) groups is 1. The normalized spacial score (nSPS) is 16.8. The smallest absolute Gasteiger partial charge is 0.256 e. The van der Waals surface area contributed by atoms with Crippen molar-refractivity contribution in [1.82, 2.24) is 9.88 Å². The molecule has 1 amide bonds. The number of rotatable bonds is 6. The van der Waals surface area contributed by atoms with E-state index in [4.69, 9.17) is 37.4 Å². The molecule has 1 fully saturated rings. The van der Waals surface area contributed by atoms with Crippen LogP contribution < -0.4 is 10.3 Å². The van der Waals surface area contributed by atoms with Crippen molar-refractivity contribution in [3.8, 4) is 5.75 Å². The molecule has 10 heteroatoms. The summed E-state index contributed by atoms with van der Waals surface area (Å²) in [4.78, 5) is 30.3. The molecular formula is C22H26Cl2N2O5S. The first-order chi connectivity index (χ1) is 14.8. The van der Waals surface area contributed by atoms with Crippen LogP contribution in [0.1, 0.15) is 38.8 Å². The molecule has 2 aliphatic heterocycles. The maximum atomic E-state index is 13.5. The van der Waals surface area contributed by atoms with Gasteiger partial charge in [-0.3, -0.25) is 9.59 Å². The molecule has 2 aliphatic rings. The number of aryl methyl sites for hydroxylation is 1. The van der Waals surface area contributed by atoms with Gasteiger partial charge in [-0.15, -0.1) is 0 Å². The molecule has 0 spiro atoms. The van der Waals surface area contributed by atoms with Gasteiger partial charge in [0.1, 0.15) is 5.75 Å². The van der Waals surface area contributed by atoms with E-state index in [-0.39, 0.29) is 43.5 Å². The molecule has 1 atom stereocenters. The number of amides is 1. The highest BCUT2D eigenvalue weighted by molar-refractivity contribution is 7.59. The van der Waals surface area contributed by atoms with Gasteiger partial charge in [0.2, 0.25) is 0 Å². The van der Waals surface area contributed by atoms with Gasteiger partial charge in [0.25, 0.3) is 11.5 Å². The van der Waals surface area contributed by atoms with Crippen LogP contribution in [0, 0.1) is 12.8 Å². The second-order valence-electron chi connectivity index (χ2n) is 7.87. The molecule has 0 unspecified atom stereocenters. The number of aromatic amines is 1. The minimum atomic E-state index is -0.313. The molecule has 1 saturated heterocycles. The number of benzene rings is 1. The summed E-state index contributed by atoms with van der Waals surface area (Å²) in [7, 11) is 3.11. The van der Waals surface area contributed by atoms with Crippen LogP contribution in [0.4, 0.5) is 0 Å². The van der Waals surface area contributed by atoms with Crippen molar-refractivity contribution < 1.29 is 19.0 Å². The Kier molecular flexibility index (Phi) is 7.83. The highest BCUT2D eigenvalue weighted by Crippen LogP contribution is 2.42. The molecule has 7 nitrogen and oxygen atoms in total. The molecule has 0 radical (unpaired) electrons. The van der Waals surface area contributed by atoms with Gasteiger partial charge in [-0.1, -0.05) is 23.2 Å². The fourth-order valence-corrected chi connectivity index (χ4v) is 4.89. The number of ether oxygens (including phenoxy) is 3. The summed E-state index contributed by atoms with van der Waals surface area (Å²) in [6, 6.07) is 3.54. The van der Waals surface area contributed by atoms with Crippen molar-refractivity contribution in [2.75, 3.05) is 34.0 Å². The number of pyridine rings is 1. The number of hydrogen-bond donors (Lipinski definition) is 1. The highest BCUT2D eigenvalue weighted by atomic mass is 35.5. The second kappa shape index (κ2) is 10.1. The lowest BCUT2D eigenvalue weighted by molar-refractivity contribution is -0.105. The van der Waals surface area contributed by atoms with Gasteiger partial charge in [-0.05, 0) is 31.0 Å². The van der Waals surface area contributed by atoms with E-state index in [1.165, 1.54) is 7.11 Å². The minimum Gasteiger partial charge on any atom is -0.496 e. The predicted octanol–water partition coefficient (Wildman–Crippen LogP) is 3.64. The fraction of sp³-hybridized carbons (Fsp3) is 0.455. The summed E-state index contributed by atoms with van der Waals surface area (Å²) in [6.07, 6.45) is 0.225. The average Bonchev–Trinajstić information content (AvgIpc) is 2.70. The molecule has 174 valence electrons. The molecule has 1 aromatic heterocycles. The van der Waals surface area contributed by atoms with E-state index < -0.39 is 0 Å². The van der Waals surface area contributed by atoms with E-state index in [0.29, 0.717) is 64.4 Å². The zero-order valence-electron chi connectivity index (χ0n) is 18.1. The molecule has 4 rings (SSSR count). The van der Waals surface area contributed by atoms with Crippen LogP contribution in [0.2, 0.25) is 10.0 Å². The number of H-pyrrole nitrogens is 1. The summed E-state index contributed by atoms with van der Waals surface area (Å²) in [5.41, 5.74) is 2.58. The van der Waals surface area contributed by atoms with Crippen LogP contribution in [0.3, 0.4) is 0 Å². The third-order valence-corrected chi connectivity index (χ3v) is 6.67. The average molecular weight is 501 g/mol. The van der Waals surface area contributed by atoms with Crippen molar-refractivity contribution in [2.24, 2.45) is 5.92 Å². The maximum absolute atomic E-state index is 13.5. The molecule has 1 aromatic carbocycles. The summed E-state index contributed by atoms with van der Waals surface area (Å²) in [5, 5.41) is 0.841. The first kappa shape index (κ1) is 24.9. The van der Waals surface area contributed by atoms with Crippen molar-refractivity contribution in [1.29, 1.82) is 0 Å². The Bertz CT molecular complexity index is 1090. The highest BCUT2D eigenvalue weighted by Gasteiger charge is 2.36. The monoisotopic (exact) mass is 500 g/mol. The predicted molar refractivity (Wildman–Crippen MR) is 128 cm³/mol. The molecule has 1 N–H and O–H groups in total. The molecule has 0 aliphatic carbocycles. The first-order valence-corrected chi connectivity index (χ1v) is 10.8. The standard InChI is InChI=1S/C22H24Cl2N2O5.H2S/c1-11-6-17(29-2)15(21(27)25-11)8-26-5-4-13-16(23)7-14(19(24)18(13)22(26)28)20(30-3)12-9-31-10-12;/h6-7,12,20H,4-5,8-10H2,1-3H3,(H,25,27);1H2/t20-;/m0./s1. The van der Waals surface area contributed by atoms with Gasteiger partial charge in [-0.2, -0.15) is 13.5 Å². The number of nitrogens with one attached hydrogen (secondary N) is 1. The van der Waals surface area contributed by atoms with Crippen molar-refractivity contribution in [3.05, 3.63) is 60.5 Å². The molecule has 3 heterocycles. The second-order valence-corrected chi connectivity index (χ2v) is 8.66. The lowest BCUT2D eigenvalue weighted by Crippen LogP contribution is -2.39. The van der Waals surface area contributed by atoms with E-state index in [1.807, 2.05) is 0 Å². The van der Waals surface area contributed by atoms with Crippen molar-refractivity contribution >= 4 is 42.6 Å².